The second kappa shape index (κ2) is 11.4. The topological polar surface area (TPSA) is 50.6 Å². The fraction of sp³-hybridized carbons (Fsp3) is 0.0377. The summed E-state index contributed by atoms with van der Waals surface area (Å²) in [6.07, 6.45) is 0. The molecule has 0 bridgehead atoms. The van der Waals surface area contributed by atoms with Gasteiger partial charge in [0.2, 0.25) is 0 Å². The van der Waals surface area contributed by atoms with Gasteiger partial charge in [-0.2, -0.15) is 5.26 Å². The van der Waals surface area contributed by atoms with E-state index in [-0.39, 0.29) is 0 Å². The molecule has 1 atom stereocenters. The van der Waals surface area contributed by atoms with Crippen molar-refractivity contribution in [1.82, 2.24) is 0 Å². The SMILES string of the molecule is CN(C)c1ccc(N2c3cccc4c3P(=O)(c3cc5ccc6cccc7ccc(c3N4c3ccc(C#N)cc3)c5c67)c3cc4ccc5cccc6ccc(c32)c4c56)cc1. The Morgan fingerprint density at radius 3 is 1.37 bits per heavy atom. The zero-order chi connectivity index (χ0) is 39.3. The van der Waals surface area contributed by atoms with Crippen LogP contribution < -0.4 is 30.6 Å². The summed E-state index contributed by atoms with van der Waals surface area (Å²) in [6, 6.07) is 60.4. The Hall–Kier alpha value is -7.38. The Labute approximate surface area is 340 Å². The molecule has 0 amide bonds. The number of fused-ring (bicyclic) bond motifs is 6. The van der Waals surface area contributed by atoms with Gasteiger partial charge in [-0.1, -0.05) is 91.0 Å². The smallest absolute Gasteiger partial charge is 0.179 e. The number of anilines is 7. The lowest BCUT2D eigenvalue weighted by molar-refractivity contribution is 0.592. The summed E-state index contributed by atoms with van der Waals surface area (Å²) in [6.45, 7) is 0. The first-order valence-corrected chi connectivity index (χ1v) is 21.7. The van der Waals surface area contributed by atoms with Crippen molar-refractivity contribution in [3.05, 3.63) is 169 Å². The second-order valence-electron chi connectivity index (χ2n) is 16.2. The number of benzene rings is 11. The van der Waals surface area contributed by atoms with Gasteiger partial charge >= 0.3 is 0 Å². The van der Waals surface area contributed by atoms with Crippen molar-refractivity contribution in [2.24, 2.45) is 0 Å². The van der Waals surface area contributed by atoms with E-state index in [1.54, 1.807) is 0 Å². The van der Waals surface area contributed by atoms with Crippen LogP contribution in [0.5, 0.6) is 0 Å². The van der Waals surface area contributed by atoms with E-state index >= 15 is 4.57 Å². The van der Waals surface area contributed by atoms with E-state index in [2.05, 4.69) is 174 Å². The second-order valence-corrected chi connectivity index (χ2v) is 18.8. The van der Waals surface area contributed by atoms with Gasteiger partial charge in [-0.05, 0) is 127 Å². The van der Waals surface area contributed by atoms with Crippen LogP contribution in [-0.4, -0.2) is 14.1 Å². The van der Waals surface area contributed by atoms with Crippen LogP contribution in [0, 0.1) is 11.3 Å². The molecular weight excluding hydrogens is 740 g/mol. The maximum atomic E-state index is 17.6. The maximum absolute atomic E-state index is 17.6. The molecule has 2 heterocycles. The third-order valence-corrected chi connectivity index (χ3v) is 16.1. The Morgan fingerprint density at radius 2 is 0.915 bits per heavy atom. The number of hydrogen-bond donors (Lipinski definition) is 0. The average molecular weight is 773 g/mol. The first-order valence-electron chi connectivity index (χ1n) is 20.0. The predicted octanol–water partition coefficient (Wildman–Crippen LogP) is 12.6. The number of nitriles is 1. The molecule has 2 aliphatic rings. The van der Waals surface area contributed by atoms with Crippen molar-refractivity contribution in [2.45, 2.75) is 0 Å². The van der Waals surface area contributed by atoms with Crippen LogP contribution >= 0.6 is 7.14 Å². The minimum absolute atomic E-state index is 0.591. The molecule has 11 aromatic carbocycles. The molecule has 276 valence electrons. The fourth-order valence-corrected chi connectivity index (χ4v) is 13.9. The molecule has 11 aromatic rings. The zero-order valence-electron chi connectivity index (χ0n) is 32.2. The van der Waals surface area contributed by atoms with Crippen molar-refractivity contribution in [2.75, 3.05) is 28.8 Å². The van der Waals surface area contributed by atoms with Gasteiger partial charge in [0.1, 0.15) is 0 Å². The Bertz CT molecular complexity index is 3670. The van der Waals surface area contributed by atoms with Gasteiger partial charge in [0.15, 0.2) is 7.14 Å². The van der Waals surface area contributed by atoms with E-state index in [1.807, 2.05) is 24.3 Å². The van der Waals surface area contributed by atoms with Gasteiger partial charge in [0.25, 0.3) is 0 Å². The van der Waals surface area contributed by atoms with Gasteiger partial charge in [-0.25, -0.2) is 0 Å². The van der Waals surface area contributed by atoms with Gasteiger partial charge in [0.05, 0.1) is 39.7 Å². The fourth-order valence-electron chi connectivity index (χ4n) is 10.4. The Balaban J connectivity index is 1.23. The van der Waals surface area contributed by atoms with Crippen LogP contribution in [0.2, 0.25) is 0 Å². The highest BCUT2D eigenvalue weighted by Crippen LogP contribution is 2.64. The van der Waals surface area contributed by atoms with Crippen LogP contribution in [0.4, 0.5) is 39.8 Å². The first kappa shape index (κ1) is 32.7. The number of rotatable bonds is 3. The van der Waals surface area contributed by atoms with E-state index in [0.717, 1.165) is 77.3 Å². The molecule has 1 unspecified atom stereocenters. The first-order chi connectivity index (χ1) is 28.9. The summed E-state index contributed by atoms with van der Waals surface area (Å²) in [5, 5.41) is 26.1. The highest BCUT2D eigenvalue weighted by Gasteiger charge is 2.50. The van der Waals surface area contributed by atoms with E-state index in [9.17, 15) is 5.26 Å². The van der Waals surface area contributed by atoms with E-state index in [4.69, 9.17) is 0 Å². The molecule has 0 saturated heterocycles. The molecule has 6 heteroatoms. The highest BCUT2D eigenvalue weighted by molar-refractivity contribution is 7.86. The van der Waals surface area contributed by atoms with E-state index in [1.165, 1.54) is 43.1 Å². The minimum atomic E-state index is -3.65. The number of hydrogen-bond acceptors (Lipinski definition) is 5. The van der Waals surface area contributed by atoms with Crippen LogP contribution in [0.25, 0.3) is 64.6 Å². The molecular formula is C53H33N4OP. The molecule has 59 heavy (non-hydrogen) atoms. The van der Waals surface area contributed by atoms with Crippen molar-refractivity contribution in [3.8, 4) is 6.07 Å². The molecule has 2 aliphatic heterocycles. The minimum Gasteiger partial charge on any atom is -0.378 e. The van der Waals surface area contributed by atoms with Crippen LogP contribution in [0.1, 0.15) is 5.56 Å². The highest BCUT2D eigenvalue weighted by atomic mass is 31.2. The van der Waals surface area contributed by atoms with Crippen molar-refractivity contribution >= 4 is 128 Å². The van der Waals surface area contributed by atoms with Gasteiger partial charge in [-0.15, -0.1) is 0 Å². The molecule has 13 rings (SSSR count). The molecule has 0 spiro atoms. The van der Waals surface area contributed by atoms with Crippen molar-refractivity contribution < 1.29 is 4.57 Å². The molecule has 0 N–H and O–H groups in total. The lowest BCUT2D eigenvalue weighted by atomic mass is 9.92. The standard InChI is InChI=1S/C53H33N4OP/c1-55(2)38-22-24-40(25-23-38)57-44-11-5-10-43-53(44)59(58,46-29-37-17-15-33-7-4-9-35-19-27-42(52(46)57)50(37)48(33)35)45-28-36-16-14-32-6-3-8-34-18-26-41(49(36)47(32)34)51(45)56(43)39-20-12-31(30-54)13-21-39/h3-29H,1-2H3. The van der Waals surface area contributed by atoms with Gasteiger partial charge < -0.3 is 19.3 Å². The average Bonchev–Trinajstić information content (AvgIpc) is 3.28. The van der Waals surface area contributed by atoms with Crippen LogP contribution in [-0.2, 0) is 4.57 Å². The molecule has 5 nitrogen and oxygen atoms in total. The van der Waals surface area contributed by atoms with Crippen molar-refractivity contribution in [1.29, 1.82) is 5.26 Å². The monoisotopic (exact) mass is 772 g/mol. The molecule has 0 aliphatic carbocycles. The third-order valence-electron chi connectivity index (χ3n) is 13.0. The quantitative estimate of drug-likeness (QED) is 0.132. The summed E-state index contributed by atoms with van der Waals surface area (Å²) in [5.74, 6) is 0. The largest absolute Gasteiger partial charge is 0.378 e. The Morgan fingerprint density at radius 1 is 0.492 bits per heavy atom. The summed E-state index contributed by atoms with van der Waals surface area (Å²) >= 11 is 0. The van der Waals surface area contributed by atoms with E-state index < -0.39 is 7.14 Å². The van der Waals surface area contributed by atoms with Gasteiger partial charge in [-0.3, -0.25) is 0 Å². The molecule has 0 aromatic heterocycles. The predicted molar refractivity (Wildman–Crippen MR) is 249 cm³/mol. The van der Waals surface area contributed by atoms with Crippen LogP contribution in [0.3, 0.4) is 0 Å². The summed E-state index contributed by atoms with van der Waals surface area (Å²) in [7, 11) is 0.467. The number of nitrogens with zero attached hydrogens (tertiary/aromatic N) is 4. The van der Waals surface area contributed by atoms with Crippen LogP contribution in [0.15, 0.2) is 164 Å². The van der Waals surface area contributed by atoms with Gasteiger partial charge in [0, 0.05) is 52.5 Å². The normalized spacial score (nSPS) is 15.7. The lowest BCUT2D eigenvalue weighted by Gasteiger charge is -2.45. The summed E-state index contributed by atoms with van der Waals surface area (Å²) in [5.41, 5.74) is 7.27. The maximum Gasteiger partial charge on any atom is 0.179 e. The summed E-state index contributed by atoms with van der Waals surface area (Å²) in [4.78, 5) is 6.78. The molecule has 0 fully saturated rings. The summed E-state index contributed by atoms with van der Waals surface area (Å²) < 4.78 is 17.6. The Kier molecular flexibility index (Phi) is 6.31. The lowest BCUT2D eigenvalue weighted by Crippen LogP contribution is -2.43. The third kappa shape index (κ3) is 4.11. The zero-order valence-corrected chi connectivity index (χ0v) is 33.1. The molecule has 0 radical (unpaired) electrons. The molecule has 0 saturated carbocycles. The van der Waals surface area contributed by atoms with E-state index in [0.29, 0.717) is 5.56 Å². The van der Waals surface area contributed by atoms with Crippen molar-refractivity contribution in [3.63, 3.8) is 0 Å².